The number of amides is 3. The minimum Gasteiger partial charge on any atom is -0.497 e. The topological polar surface area (TPSA) is 84.5 Å². The van der Waals surface area contributed by atoms with E-state index in [1.807, 2.05) is 12.1 Å². The lowest BCUT2D eigenvalue weighted by Gasteiger charge is -2.20. The number of imide groups is 1. The number of ether oxygens (including phenoxy) is 1. The molecule has 4 rings (SSSR count). The maximum Gasteiger partial charge on any atom is 0.258 e. The molecule has 1 heterocycles. The van der Waals surface area contributed by atoms with Crippen molar-refractivity contribution in [1.29, 1.82) is 0 Å². The Balaban J connectivity index is 1.61. The molecule has 156 valence electrons. The lowest BCUT2D eigenvalue weighted by molar-refractivity contribution is 0.0878. The number of fused-ring (bicyclic) bond motifs is 1. The van der Waals surface area contributed by atoms with Gasteiger partial charge in [0.2, 0.25) is 0 Å². The first-order chi connectivity index (χ1) is 14.9. The van der Waals surface area contributed by atoms with Crippen LogP contribution in [0.5, 0.6) is 5.75 Å². The van der Waals surface area contributed by atoms with Gasteiger partial charge in [-0.25, -0.2) is 4.39 Å². The van der Waals surface area contributed by atoms with E-state index >= 15 is 0 Å². The molecule has 0 saturated carbocycles. The van der Waals surface area contributed by atoms with Gasteiger partial charge in [0.15, 0.2) is 0 Å². The molecule has 0 fully saturated rings. The summed E-state index contributed by atoms with van der Waals surface area (Å²) < 4.78 is 18.5. The third-order valence-corrected chi connectivity index (χ3v) is 5.17. The number of nitrogens with one attached hydrogen (secondary N) is 2. The Morgan fingerprint density at radius 1 is 0.968 bits per heavy atom. The van der Waals surface area contributed by atoms with E-state index in [9.17, 15) is 18.8 Å². The van der Waals surface area contributed by atoms with E-state index in [4.69, 9.17) is 4.74 Å². The molecule has 3 aromatic carbocycles. The van der Waals surface area contributed by atoms with Gasteiger partial charge < -0.3 is 10.1 Å². The maximum absolute atomic E-state index is 13.3. The van der Waals surface area contributed by atoms with Crippen molar-refractivity contribution in [3.05, 3.63) is 100 Å². The molecule has 3 aromatic rings. The van der Waals surface area contributed by atoms with Crippen LogP contribution >= 0.6 is 0 Å². The number of rotatable bonds is 6. The van der Waals surface area contributed by atoms with Gasteiger partial charge in [0, 0.05) is 5.56 Å². The molecule has 1 atom stereocenters. The lowest BCUT2D eigenvalue weighted by atomic mass is 9.97. The number of hydrogen-bond acceptors (Lipinski definition) is 4. The second kappa shape index (κ2) is 8.39. The first kappa shape index (κ1) is 20.3. The van der Waals surface area contributed by atoms with E-state index in [2.05, 4.69) is 10.6 Å². The van der Waals surface area contributed by atoms with Crippen molar-refractivity contribution in [3.63, 3.8) is 0 Å². The number of hydrogen-bond donors (Lipinski definition) is 2. The van der Waals surface area contributed by atoms with Crippen LogP contribution in [-0.2, 0) is 6.42 Å². The quantitative estimate of drug-likeness (QED) is 0.601. The average Bonchev–Trinajstić information content (AvgIpc) is 3.07. The molecule has 0 aromatic heterocycles. The third kappa shape index (κ3) is 4.30. The van der Waals surface area contributed by atoms with Crippen LogP contribution < -0.4 is 15.4 Å². The predicted octanol–water partition coefficient (Wildman–Crippen LogP) is 3.43. The molecule has 0 aliphatic carbocycles. The van der Waals surface area contributed by atoms with E-state index in [1.165, 1.54) is 30.3 Å². The van der Waals surface area contributed by atoms with Gasteiger partial charge in [-0.2, -0.15) is 0 Å². The van der Waals surface area contributed by atoms with Crippen LogP contribution in [0.25, 0.3) is 0 Å². The number of methoxy groups -OCH3 is 1. The molecule has 6 nitrogen and oxygen atoms in total. The van der Waals surface area contributed by atoms with Crippen molar-refractivity contribution in [2.75, 3.05) is 7.11 Å². The normalized spacial score (nSPS) is 13.4. The van der Waals surface area contributed by atoms with Gasteiger partial charge in [0.25, 0.3) is 17.7 Å². The highest BCUT2D eigenvalue weighted by molar-refractivity contribution is 6.22. The van der Waals surface area contributed by atoms with Crippen LogP contribution in [0, 0.1) is 5.82 Å². The van der Waals surface area contributed by atoms with Gasteiger partial charge in [-0.15, -0.1) is 0 Å². The Morgan fingerprint density at radius 2 is 1.65 bits per heavy atom. The van der Waals surface area contributed by atoms with E-state index in [0.29, 0.717) is 12.2 Å². The first-order valence-corrected chi connectivity index (χ1v) is 9.63. The lowest BCUT2D eigenvalue weighted by Crippen LogP contribution is -2.30. The SMILES string of the molecule is COc1ccc(C(Cc2ccc(F)cc2)NC(=O)c2ccc3c(c2)C(=O)NC3=O)cc1. The van der Waals surface area contributed by atoms with Gasteiger partial charge in [-0.05, 0) is 60.0 Å². The van der Waals surface area contributed by atoms with Crippen LogP contribution in [-0.4, -0.2) is 24.8 Å². The number of carbonyl (C=O) groups is 3. The van der Waals surface area contributed by atoms with Crippen LogP contribution in [0.4, 0.5) is 4.39 Å². The summed E-state index contributed by atoms with van der Waals surface area (Å²) in [4.78, 5) is 36.6. The van der Waals surface area contributed by atoms with E-state index in [0.717, 1.165) is 11.1 Å². The summed E-state index contributed by atoms with van der Waals surface area (Å²) in [6.07, 6.45) is 0.433. The second-order valence-electron chi connectivity index (χ2n) is 7.17. The molecule has 1 aliphatic rings. The van der Waals surface area contributed by atoms with E-state index in [1.54, 1.807) is 31.4 Å². The van der Waals surface area contributed by atoms with Gasteiger partial charge >= 0.3 is 0 Å². The Kier molecular flexibility index (Phi) is 5.49. The number of halogens is 1. The summed E-state index contributed by atoms with van der Waals surface area (Å²) in [5.41, 5.74) is 2.38. The summed E-state index contributed by atoms with van der Waals surface area (Å²) >= 11 is 0. The summed E-state index contributed by atoms with van der Waals surface area (Å²) in [6.45, 7) is 0. The van der Waals surface area contributed by atoms with Crippen LogP contribution in [0.1, 0.15) is 48.2 Å². The minimum absolute atomic E-state index is 0.178. The summed E-state index contributed by atoms with van der Waals surface area (Å²) in [7, 11) is 1.57. The zero-order chi connectivity index (χ0) is 22.0. The van der Waals surface area contributed by atoms with Crippen LogP contribution in [0.2, 0.25) is 0 Å². The molecule has 2 N–H and O–H groups in total. The average molecular weight is 418 g/mol. The van der Waals surface area contributed by atoms with E-state index < -0.39 is 23.8 Å². The molecule has 0 spiro atoms. The third-order valence-electron chi connectivity index (χ3n) is 5.17. The highest BCUT2D eigenvalue weighted by atomic mass is 19.1. The molecule has 0 saturated heterocycles. The van der Waals surface area contributed by atoms with Crippen LogP contribution in [0.15, 0.2) is 66.7 Å². The Bertz CT molecular complexity index is 1160. The molecule has 1 unspecified atom stereocenters. The molecule has 1 aliphatic heterocycles. The fourth-order valence-electron chi connectivity index (χ4n) is 3.50. The van der Waals surface area contributed by atoms with Crippen molar-refractivity contribution in [2.45, 2.75) is 12.5 Å². The van der Waals surface area contributed by atoms with Crippen molar-refractivity contribution in [2.24, 2.45) is 0 Å². The monoisotopic (exact) mass is 418 g/mol. The second-order valence-corrected chi connectivity index (χ2v) is 7.17. The van der Waals surface area contributed by atoms with Gasteiger partial charge in [0.05, 0.1) is 24.3 Å². The largest absolute Gasteiger partial charge is 0.497 e. The first-order valence-electron chi connectivity index (χ1n) is 9.63. The fourth-order valence-corrected chi connectivity index (χ4v) is 3.50. The molecule has 0 radical (unpaired) electrons. The van der Waals surface area contributed by atoms with Crippen LogP contribution in [0.3, 0.4) is 0 Å². The van der Waals surface area contributed by atoms with Crippen molar-refractivity contribution in [3.8, 4) is 5.75 Å². The van der Waals surface area contributed by atoms with Gasteiger partial charge in [-0.3, -0.25) is 19.7 Å². The fraction of sp³-hybridized carbons (Fsp3) is 0.125. The summed E-state index contributed by atoms with van der Waals surface area (Å²) in [6, 6.07) is 17.4. The van der Waals surface area contributed by atoms with Crippen molar-refractivity contribution in [1.82, 2.24) is 10.6 Å². The smallest absolute Gasteiger partial charge is 0.258 e. The van der Waals surface area contributed by atoms with Gasteiger partial charge in [0.1, 0.15) is 11.6 Å². The molecule has 3 amide bonds. The molecular formula is C24H19FN2O4. The summed E-state index contributed by atoms with van der Waals surface area (Å²) in [5, 5.41) is 5.19. The van der Waals surface area contributed by atoms with Crippen molar-refractivity contribution < 1.29 is 23.5 Å². The standard InChI is InChI=1S/C24H19FN2O4/c1-31-18-9-4-15(5-10-18)21(12-14-2-7-17(25)8-3-14)26-22(28)16-6-11-19-20(13-16)24(30)27-23(19)29/h2-11,13,21H,12H2,1H3,(H,26,28)(H,27,29,30). The highest BCUT2D eigenvalue weighted by Gasteiger charge is 2.28. The Labute approximate surface area is 178 Å². The minimum atomic E-state index is -0.521. The highest BCUT2D eigenvalue weighted by Crippen LogP contribution is 2.23. The predicted molar refractivity (Wildman–Crippen MR) is 112 cm³/mol. The molecule has 31 heavy (non-hydrogen) atoms. The zero-order valence-corrected chi connectivity index (χ0v) is 16.6. The summed E-state index contributed by atoms with van der Waals surface area (Å²) in [5.74, 6) is -1.03. The molecule has 0 bridgehead atoms. The number of carbonyl (C=O) groups excluding carboxylic acids is 3. The van der Waals surface area contributed by atoms with E-state index in [-0.39, 0.29) is 22.5 Å². The zero-order valence-electron chi connectivity index (χ0n) is 16.6. The number of benzene rings is 3. The molecule has 7 heteroatoms. The Hall–Kier alpha value is -4.00. The Morgan fingerprint density at radius 3 is 2.32 bits per heavy atom. The maximum atomic E-state index is 13.3. The molecular weight excluding hydrogens is 399 g/mol. The van der Waals surface area contributed by atoms with Gasteiger partial charge in [-0.1, -0.05) is 24.3 Å². The van der Waals surface area contributed by atoms with Crippen molar-refractivity contribution >= 4 is 17.7 Å².